The SMILES string of the molecule is CCN(CC)CCCNC(=O)c1ccnn1-c1ccc2ccc(-c3cccnc3)cn12. The Labute approximate surface area is 182 Å². The number of fused-ring (bicyclic) bond motifs is 1. The van der Waals surface area contributed by atoms with E-state index < -0.39 is 0 Å². The van der Waals surface area contributed by atoms with Gasteiger partial charge in [-0.25, -0.2) is 4.68 Å². The van der Waals surface area contributed by atoms with Crippen LogP contribution in [0.25, 0.3) is 22.5 Å². The summed E-state index contributed by atoms with van der Waals surface area (Å²) in [5, 5.41) is 7.46. The fraction of sp³-hybridized carbons (Fsp3) is 0.292. The molecule has 1 N–H and O–H groups in total. The van der Waals surface area contributed by atoms with Crippen LogP contribution in [0.5, 0.6) is 0 Å². The molecule has 31 heavy (non-hydrogen) atoms. The predicted molar refractivity (Wildman–Crippen MR) is 122 cm³/mol. The van der Waals surface area contributed by atoms with Crippen molar-refractivity contribution in [1.29, 1.82) is 0 Å². The van der Waals surface area contributed by atoms with E-state index in [-0.39, 0.29) is 5.91 Å². The molecule has 0 saturated carbocycles. The fourth-order valence-corrected chi connectivity index (χ4v) is 3.76. The summed E-state index contributed by atoms with van der Waals surface area (Å²) in [4.78, 5) is 19.4. The van der Waals surface area contributed by atoms with Gasteiger partial charge in [-0.15, -0.1) is 0 Å². The number of carbonyl (C=O) groups is 1. The van der Waals surface area contributed by atoms with E-state index in [9.17, 15) is 4.79 Å². The lowest BCUT2D eigenvalue weighted by Crippen LogP contribution is -2.31. The van der Waals surface area contributed by atoms with Crippen LogP contribution in [0.1, 0.15) is 30.8 Å². The molecule has 0 unspecified atom stereocenters. The highest BCUT2D eigenvalue weighted by Gasteiger charge is 2.16. The molecule has 0 atom stereocenters. The molecule has 4 rings (SSSR count). The normalized spacial score (nSPS) is 11.3. The molecule has 0 aliphatic rings. The van der Waals surface area contributed by atoms with Crippen LogP contribution in [0.15, 0.2) is 67.3 Å². The van der Waals surface area contributed by atoms with Crippen molar-refractivity contribution in [1.82, 2.24) is 29.4 Å². The number of hydrogen-bond acceptors (Lipinski definition) is 4. The summed E-state index contributed by atoms with van der Waals surface area (Å²) in [5.41, 5.74) is 3.64. The van der Waals surface area contributed by atoms with Gasteiger partial charge in [-0.1, -0.05) is 26.0 Å². The smallest absolute Gasteiger partial charge is 0.270 e. The van der Waals surface area contributed by atoms with Gasteiger partial charge >= 0.3 is 0 Å². The first kappa shape index (κ1) is 20.8. The maximum absolute atomic E-state index is 12.8. The van der Waals surface area contributed by atoms with Crippen molar-refractivity contribution in [2.45, 2.75) is 20.3 Å². The Balaban J connectivity index is 1.54. The first-order valence-corrected chi connectivity index (χ1v) is 10.8. The van der Waals surface area contributed by atoms with Gasteiger partial charge in [0.1, 0.15) is 11.5 Å². The largest absolute Gasteiger partial charge is 0.351 e. The summed E-state index contributed by atoms with van der Waals surface area (Å²) in [7, 11) is 0. The van der Waals surface area contributed by atoms with E-state index in [0.717, 1.165) is 48.5 Å². The highest BCUT2D eigenvalue weighted by Crippen LogP contribution is 2.22. The number of aromatic nitrogens is 4. The van der Waals surface area contributed by atoms with Gasteiger partial charge < -0.3 is 14.6 Å². The number of nitrogens with one attached hydrogen (secondary N) is 1. The second-order valence-electron chi connectivity index (χ2n) is 7.41. The third kappa shape index (κ3) is 4.51. The average molecular weight is 417 g/mol. The van der Waals surface area contributed by atoms with Crippen LogP contribution >= 0.6 is 0 Å². The first-order chi connectivity index (χ1) is 15.2. The summed E-state index contributed by atoms with van der Waals surface area (Å²) >= 11 is 0. The first-order valence-electron chi connectivity index (χ1n) is 10.8. The Bertz CT molecular complexity index is 1140. The molecule has 4 aromatic rings. The molecule has 7 heteroatoms. The van der Waals surface area contributed by atoms with E-state index in [1.165, 1.54) is 0 Å². The third-order valence-corrected chi connectivity index (χ3v) is 5.55. The summed E-state index contributed by atoms with van der Waals surface area (Å²) in [6.45, 7) is 7.98. The summed E-state index contributed by atoms with van der Waals surface area (Å²) in [6, 6.07) is 13.8. The van der Waals surface area contributed by atoms with Crippen molar-refractivity contribution in [3.05, 3.63) is 72.9 Å². The second-order valence-corrected chi connectivity index (χ2v) is 7.41. The van der Waals surface area contributed by atoms with Crippen molar-refractivity contribution in [2.24, 2.45) is 0 Å². The number of pyridine rings is 2. The number of carbonyl (C=O) groups excluding carboxylic acids is 1. The topological polar surface area (TPSA) is 67.5 Å². The molecule has 0 radical (unpaired) electrons. The van der Waals surface area contributed by atoms with Crippen molar-refractivity contribution < 1.29 is 4.79 Å². The van der Waals surface area contributed by atoms with Gasteiger partial charge in [0.2, 0.25) is 0 Å². The molecule has 7 nitrogen and oxygen atoms in total. The number of amides is 1. The van der Waals surface area contributed by atoms with Gasteiger partial charge in [0.05, 0.1) is 6.20 Å². The van der Waals surface area contributed by atoms with Crippen LogP contribution in [-0.2, 0) is 0 Å². The van der Waals surface area contributed by atoms with Gasteiger partial charge in [0.15, 0.2) is 0 Å². The van der Waals surface area contributed by atoms with Gasteiger partial charge in [-0.2, -0.15) is 5.10 Å². The number of nitrogens with zero attached hydrogens (tertiary/aromatic N) is 5. The van der Waals surface area contributed by atoms with Crippen LogP contribution < -0.4 is 5.32 Å². The third-order valence-electron chi connectivity index (χ3n) is 5.55. The van der Waals surface area contributed by atoms with E-state index in [4.69, 9.17) is 0 Å². The van der Waals surface area contributed by atoms with Crippen molar-refractivity contribution in [2.75, 3.05) is 26.2 Å². The number of rotatable bonds is 9. The molecule has 1 amide bonds. The predicted octanol–water partition coefficient (Wildman–Crippen LogP) is 3.65. The zero-order valence-electron chi connectivity index (χ0n) is 18.0. The van der Waals surface area contributed by atoms with Crippen molar-refractivity contribution >= 4 is 11.4 Å². The lowest BCUT2D eigenvalue weighted by Gasteiger charge is -2.17. The van der Waals surface area contributed by atoms with Gasteiger partial charge in [-0.05, 0) is 62.0 Å². The van der Waals surface area contributed by atoms with Crippen LogP contribution in [-0.4, -0.2) is 56.2 Å². The molecule has 160 valence electrons. The lowest BCUT2D eigenvalue weighted by molar-refractivity contribution is 0.0944. The number of hydrogen-bond donors (Lipinski definition) is 1. The zero-order valence-corrected chi connectivity index (χ0v) is 18.0. The maximum Gasteiger partial charge on any atom is 0.270 e. The Morgan fingerprint density at radius 1 is 1.03 bits per heavy atom. The summed E-state index contributed by atoms with van der Waals surface area (Å²) in [5.74, 6) is 0.703. The molecule has 0 fully saturated rings. The molecular weight excluding hydrogens is 388 g/mol. The van der Waals surface area contributed by atoms with Crippen LogP contribution in [0.3, 0.4) is 0 Å². The van der Waals surface area contributed by atoms with E-state index in [1.54, 1.807) is 23.1 Å². The minimum atomic E-state index is -0.115. The summed E-state index contributed by atoms with van der Waals surface area (Å²) in [6.07, 6.45) is 8.24. The van der Waals surface area contributed by atoms with Crippen LogP contribution in [0.2, 0.25) is 0 Å². The Morgan fingerprint density at radius 3 is 2.65 bits per heavy atom. The molecule has 0 aliphatic heterocycles. The Morgan fingerprint density at radius 2 is 1.87 bits per heavy atom. The molecule has 0 aromatic carbocycles. The zero-order chi connectivity index (χ0) is 21.6. The maximum atomic E-state index is 12.8. The minimum Gasteiger partial charge on any atom is -0.351 e. The molecule has 4 heterocycles. The average Bonchev–Trinajstić information content (AvgIpc) is 3.46. The Hall–Kier alpha value is -3.45. The highest BCUT2D eigenvalue weighted by molar-refractivity contribution is 5.93. The van der Waals surface area contributed by atoms with Crippen LogP contribution in [0, 0.1) is 0 Å². The molecule has 0 bridgehead atoms. The minimum absolute atomic E-state index is 0.115. The molecule has 0 spiro atoms. The van der Waals surface area contributed by atoms with E-state index >= 15 is 0 Å². The standard InChI is InChI=1S/C24H28N6O/c1-3-28(4-2)16-6-14-26-24(31)22-12-15-27-30(22)23-11-10-21-9-8-20(18-29(21)23)19-7-5-13-25-17-19/h5,7-13,15,17-18H,3-4,6,14,16H2,1-2H3,(H,26,31). The van der Waals surface area contributed by atoms with Gasteiger partial charge in [0.25, 0.3) is 5.91 Å². The Kier molecular flexibility index (Phi) is 6.43. The van der Waals surface area contributed by atoms with E-state index in [2.05, 4.69) is 52.5 Å². The van der Waals surface area contributed by atoms with Crippen LogP contribution in [0.4, 0.5) is 0 Å². The lowest BCUT2D eigenvalue weighted by atomic mass is 10.1. The second kappa shape index (κ2) is 9.57. The molecule has 4 aromatic heterocycles. The summed E-state index contributed by atoms with van der Waals surface area (Å²) < 4.78 is 3.74. The highest BCUT2D eigenvalue weighted by atomic mass is 16.2. The molecule has 0 saturated heterocycles. The van der Waals surface area contributed by atoms with Gasteiger partial charge in [0, 0.05) is 36.2 Å². The monoisotopic (exact) mass is 416 g/mol. The molecular formula is C24H28N6O. The molecule has 0 aliphatic carbocycles. The van der Waals surface area contributed by atoms with E-state index in [0.29, 0.717) is 12.2 Å². The van der Waals surface area contributed by atoms with Crippen molar-refractivity contribution in [3.63, 3.8) is 0 Å². The van der Waals surface area contributed by atoms with E-state index in [1.807, 2.05) is 34.9 Å². The quantitative estimate of drug-likeness (QED) is 0.423. The van der Waals surface area contributed by atoms with Gasteiger partial charge in [-0.3, -0.25) is 9.78 Å². The van der Waals surface area contributed by atoms with Crippen molar-refractivity contribution in [3.8, 4) is 16.9 Å². The fourth-order valence-electron chi connectivity index (χ4n) is 3.76.